The Morgan fingerprint density at radius 1 is 1.26 bits per heavy atom. The molecule has 0 spiro atoms. The van der Waals surface area contributed by atoms with Crippen LogP contribution in [0.4, 0.5) is 11.5 Å². The standard InChI is InChI=1S/C16H18N6O/c1-22(2)14-9-15(21-20-11-14)18-7-8-19-16(23)13-5-3-12(10-17)4-6-13/h3-6,9,11H,7-8H2,1-2H3,(H,18,21)(H,19,23). The molecule has 0 radical (unpaired) electrons. The van der Waals surface area contributed by atoms with Crippen molar-refractivity contribution >= 4 is 17.4 Å². The summed E-state index contributed by atoms with van der Waals surface area (Å²) in [6.45, 7) is 0.986. The summed E-state index contributed by atoms with van der Waals surface area (Å²) in [6, 6.07) is 10.4. The number of carbonyl (C=O) groups excluding carboxylic acids is 1. The minimum atomic E-state index is -0.176. The second kappa shape index (κ2) is 7.75. The van der Waals surface area contributed by atoms with E-state index < -0.39 is 0 Å². The molecular formula is C16H18N6O. The highest BCUT2D eigenvalue weighted by molar-refractivity contribution is 5.94. The van der Waals surface area contributed by atoms with Gasteiger partial charge in [0.15, 0.2) is 5.82 Å². The third-order valence-corrected chi connectivity index (χ3v) is 3.15. The average molecular weight is 310 g/mol. The van der Waals surface area contributed by atoms with E-state index in [1.54, 1.807) is 30.5 Å². The second-order valence-corrected chi connectivity index (χ2v) is 5.07. The van der Waals surface area contributed by atoms with Gasteiger partial charge in [-0.25, -0.2) is 0 Å². The predicted molar refractivity (Wildman–Crippen MR) is 88.3 cm³/mol. The first-order chi connectivity index (χ1) is 11.1. The van der Waals surface area contributed by atoms with E-state index >= 15 is 0 Å². The van der Waals surface area contributed by atoms with Crippen LogP contribution in [0.1, 0.15) is 15.9 Å². The number of anilines is 2. The molecule has 1 aromatic carbocycles. The summed E-state index contributed by atoms with van der Waals surface area (Å²) in [4.78, 5) is 13.9. The number of hydrogen-bond donors (Lipinski definition) is 2. The molecule has 0 unspecified atom stereocenters. The molecule has 0 aliphatic carbocycles. The van der Waals surface area contributed by atoms with Crippen molar-refractivity contribution in [2.24, 2.45) is 0 Å². The van der Waals surface area contributed by atoms with Gasteiger partial charge in [0, 0.05) is 38.8 Å². The van der Waals surface area contributed by atoms with Gasteiger partial charge < -0.3 is 15.5 Å². The van der Waals surface area contributed by atoms with Crippen molar-refractivity contribution in [1.29, 1.82) is 5.26 Å². The van der Waals surface area contributed by atoms with Crippen LogP contribution in [0, 0.1) is 11.3 Å². The molecule has 0 aliphatic heterocycles. The zero-order chi connectivity index (χ0) is 16.7. The Balaban J connectivity index is 1.79. The summed E-state index contributed by atoms with van der Waals surface area (Å²) >= 11 is 0. The molecule has 0 bridgehead atoms. The Hall–Kier alpha value is -3.14. The van der Waals surface area contributed by atoms with E-state index in [0.29, 0.717) is 30.0 Å². The number of carbonyl (C=O) groups is 1. The minimum Gasteiger partial charge on any atom is -0.376 e. The quantitative estimate of drug-likeness (QED) is 0.780. The number of nitriles is 1. The zero-order valence-electron chi connectivity index (χ0n) is 13.1. The van der Waals surface area contributed by atoms with Crippen LogP contribution in [-0.2, 0) is 0 Å². The van der Waals surface area contributed by atoms with Crippen molar-refractivity contribution in [2.75, 3.05) is 37.4 Å². The van der Waals surface area contributed by atoms with Crippen LogP contribution < -0.4 is 15.5 Å². The Labute approximate surface area is 134 Å². The van der Waals surface area contributed by atoms with Crippen LogP contribution in [-0.4, -0.2) is 43.3 Å². The highest BCUT2D eigenvalue weighted by atomic mass is 16.1. The van der Waals surface area contributed by atoms with Crippen LogP contribution in [0.5, 0.6) is 0 Å². The molecule has 1 heterocycles. The van der Waals surface area contributed by atoms with Crippen LogP contribution in [0.15, 0.2) is 36.5 Å². The van der Waals surface area contributed by atoms with Gasteiger partial charge in [-0.3, -0.25) is 4.79 Å². The first-order valence-corrected chi connectivity index (χ1v) is 7.12. The molecule has 0 saturated heterocycles. The smallest absolute Gasteiger partial charge is 0.251 e. The van der Waals surface area contributed by atoms with Crippen molar-refractivity contribution in [1.82, 2.24) is 15.5 Å². The molecule has 0 saturated carbocycles. The highest BCUT2D eigenvalue weighted by Gasteiger charge is 2.05. The number of benzene rings is 1. The topological polar surface area (TPSA) is 93.9 Å². The second-order valence-electron chi connectivity index (χ2n) is 5.07. The monoisotopic (exact) mass is 310 g/mol. The van der Waals surface area contributed by atoms with Crippen LogP contribution in [0.3, 0.4) is 0 Å². The number of rotatable bonds is 6. The van der Waals surface area contributed by atoms with Crippen molar-refractivity contribution in [3.05, 3.63) is 47.7 Å². The fourth-order valence-electron chi connectivity index (χ4n) is 1.85. The summed E-state index contributed by atoms with van der Waals surface area (Å²) < 4.78 is 0. The molecule has 0 atom stereocenters. The van der Waals surface area contributed by atoms with Gasteiger partial charge in [0.2, 0.25) is 0 Å². The van der Waals surface area contributed by atoms with Crippen LogP contribution >= 0.6 is 0 Å². The number of hydrogen-bond acceptors (Lipinski definition) is 6. The van der Waals surface area contributed by atoms with Gasteiger partial charge in [-0.2, -0.15) is 10.4 Å². The average Bonchev–Trinajstić information content (AvgIpc) is 2.59. The van der Waals surface area contributed by atoms with Crippen molar-refractivity contribution in [2.45, 2.75) is 0 Å². The summed E-state index contributed by atoms with van der Waals surface area (Å²) in [5, 5.41) is 22.5. The molecular weight excluding hydrogens is 292 g/mol. The first-order valence-electron chi connectivity index (χ1n) is 7.12. The van der Waals surface area contributed by atoms with E-state index in [1.165, 1.54) is 0 Å². The number of amides is 1. The number of aromatic nitrogens is 2. The summed E-state index contributed by atoms with van der Waals surface area (Å²) in [5.41, 5.74) is 2.00. The lowest BCUT2D eigenvalue weighted by Gasteiger charge is -2.13. The molecule has 23 heavy (non-hydrogen) atoms. The maximum Gasteiger partial charge on any atom is 0.251 e. The van der Waals surface area contributed by atoms with Crippen molar-refractivity contribution in [3.63, 3.8) is 0 Å². The zero-order valence-corrected chi connectivity index (χ0v) is 13.1. The van der Waals surface area contributed by atoms with E-state index in [1.807, 2.05) is 31.1 Å². The number of nitrogens with one attached hydrogen (secondary N) is 2. The van der Waals surface area contributed by atoms with Gasteiger partial charge in [0.1, 0.15) is 0 Å². The minimum absolute atomic E-state index is 0.176. The van der Waals surface area contributed by atoms with E-state index in [2.05, 4.69) is 20.8 Å². The Morgan fingerprint density at radius 3 is 2.65 bits per heavy atom. The van der Waals surface area contributed by atoms with E-state index in [0.717, 1.165) is 5.69 Å². The lowest BCUT2D eigenvalue weighted by atomic mass is 10.1. The molecule has 2 aromatic rings. The molecule has 118 valence electrons. The highest BCUT2D eigenvalue weighted by Crippen LogP contribution is 2.12. The van der Waals surface area contributed by atoms with E-state index in [9.17, 15) is 4.79 Å². The summed E-state index contributed by atoms with van der Waals surface area (Å²) in [7, 11) is 3.86. The lowest BCUT2D eigenvalue weighted by Crippen LogP contribution is -2.28. The Morgan fingerprint density at radius 2 is 2.00 bits per heavy atom. The Kier molecular flexibility index (Phi) is 5.47. The third-order valence-electron chi connectivity index (χ3n) is 3.15. The molecule has 0 fully saturated rings. The van der Waals surface area contributed by atoms with Gasteiger partial charge in [0.25, 0.3) is 5.91 Å². The molecule has 7 heteroatoms. The molecule has 2 rings (SSSR count). The molecule has 1 amide bonds. The summed E-state index contributed by atoms with van der Waals surface area (Å²) in [5.74, 6) is 0.480. The molecule has 0 aliphatic rings. The van der Waals surface area contributed by atoms with E-state index in [4.69, 9.17) is 5.26 Å². The maximum absolute atomic E-state index is 11.9. The first kappa shape index (κ1) is 16.2. The normalized spacial score (nSPS) is 9.78. The SMILES string of the molecule is CN(C)c1cnnc(NCCNC(=O)c2ccc(C#N)cc2)c1. The van der Waals surface area contributed by atoms with Crippen LogP contribution in [0.2, 0.25) is 0 Å². The largest absolute Gasteiger partial charge is 0.376 e. The molecule has 7 nitrogen and oxygen atoms in total. The van der Waals surface area contributed by atoms with Gasteiger partial charge in [-0.15, -0.1) is 5.10 Å². The van der Waals surface area contributed by atoms with Gasteiger partial charge in [-0.05, 0) is 24.3 Å². The van der Waals surface area contributed by atoms with Crippen molar-refractivity contribution < 1.29 is 4.79 Å². The molecule has 2 N–H and O–H groups in total. The lowest BCUT2D eigenvalue weighted by molar-refractivity contribution is 0.0955. The van der Waals surface area contributed by atoms with Gasteiger partial charge in [-0.1, -0.05) is 0 Å². The van der Waals surface area contributed by atoms with Crippen molar-refractivity contribution in [3.8, 4) is 6.07 Å². The number of nitrogens with zero attached hydrogens (tertiary/aromatic N) is 4. The summed E-state index contributed by atoms with van der Waals surface area (Å²) in [6.07, 6.45) is 1.68. The third kappa shape index (κ3) is 4.68. The molecule has 1 aromatic heterocycles. The maximum atomic E-state index is 11.9. The van der Waals surface area contributed by atoms with Gasteiger partial charge >= 0.3 is 0 Å². The predicted octanol–water partition coefficient (Wildman–Crippen LogP) is 1.26. The fourth-order valence-corrected chi connectivity index (χ4v) is 1.85. The Bertz CT molecular complexity index is 705. The van der Waals surface area contributed by atoms with Crippen LogP contribution in [0.25, 0.3) is 0 Å². The fraction of sp³-hybridized carbons (Fsp3) is 0.250. The van der Waals surface area contributed by atoms with Gasteiger partial charge in [0.05, 0.1) is 23.5 Å². The van der Waals surface area contributed by atoms with E-state index in [-0.39, 0.29) is 5.91 Å².